The molecule has 5 nitrogen and oxygen atoms in total. The third kappa shape index (κ3) is 4.21. The number of carbonyl (C=O) groups is 2. The number of carbonyl (C=O) groups excluding carboxylic acids is 2. The van der Waals surface area contributed by atoms with E-state index in [1.54, 1.807) is 30.5 Å². The van der Waals surface area contributed by atoms with Crippen molar-refractivity contribution in [2.24, 2.45) is 0 Å². The Morgan fingerprint density at radius 3 is 2.70 bits per heavy atom. The number of aryl methyl sites for hydroxylation is 1. The lowest BCUT2D eigenvalue weighted by Gasteiger charge is -2.08. The monoisotopic (exact) mass is 464 g/mol. The molecule has 138 valence electrons. The first-order valence-electron chi connectivity index (χ1n) is 7.80. The van der Waals surface area contributed by atoms with Gasteiger partial charge in [0.15, 0.2) is 0 Å². The third-order valence-corrected chi connectivity index (χ3v) is 5.47. The number of anilines is 1. The van der Waals surface area contributed by atoms with Crippen LogP contribution >= 0.6 is 38.9 Å². The Balaban J connectivity index is 2.07. The molecule has 0 radical (unpaired) electrons. The van der Waals surface area contributed by atoms with Gasteiger partial charge in [-0.15, -0.1) is 11.3 Å². The molecule has 0 aliphatic carbocycles. The fraction of sp³-hybridized carbons (Fsp3) is 0.105. The molecule has 2 heterocycles. The second kappa shape index (κ2) is 8.21. The highest BCUT2D eigenvalue weighted by Gasteiger charge is 2.25. The minimum absolute atomic E-state index is 0.304. The van der Waals surface area contributed by atoms with E-state index >= 15 is 0 Å². The lowest BCUT2D eigenvalue weighted by molar-refractivity contribution is 0.0603. The maximum atomic E-state index is 12.6. The summed E-state index contributed by atoms with van der Waals surface area (Å²) in [5, 5.41) is 3.77. The van der Waals surface area contributed by atoms with Gasteiger partial charge < -0.3 is 10.1 Å². The van der Waals surface area contributed by atoms with E-state index in [1.165, 1.54) is 24.6 Å². The van der Waals surface area contributed by atoms with E-state index in [0.717, 1.165) is 10.4 Å². The number of pyridine rings is 1. The molecule has 0 fully saturated rings. The normalized spacial score (nSPS) is 10.5. The molecule has 2 aromatic heterocycles. The molecule has 0 aliphatic rings. The summed E-state index contributed by atoms with van der Waals surface area (Å²) in [5.74, 6) is -0.898. The summed E-state index contributed by atoms with van der Waals surface area (Å²) < 4.78 is 5.64. The zero-order chi connectivity index (χ0) is 19.6. The Kier molecular flexibility index (Phi) is 5.94. The van der Waals surface area contributed by atoms with Crippen molar-refractivity contribution < 1.29 is 14.3 Å². The van der Waals surface area contributed by atoms with Gasteiger partial charge in [-0.2, -0.15) is 0 Å². The number of amides is 1. The van der Waals surface area contributed by atoms with Gasteiger partial charge in [0.05, 0.1) is 12.7 Å². The van der Waals surface area contributed by atoms with E-state index in [9.17, 15) is 9.59 Å². The minimum atomic E-state index is -0.531. The van der Waals surface area contributed by atoms with Crippen molar-refractivity contribution in [2.45, 2.75) is 6.92 Å². The van der Waals surface area contributed by atoms with Crippen LogP contribution in [0, 0.1) is 6.92 Å². The Morgan fingerprint density at radius 2 is 2.04 bits per heavy atom. The molecule has 0 bridgehead atoms. The zero-order valence-electron chi connectivity index (χ0n) is 14.4. The van der Waals surface area contributed by atoms with E-state index in [-0.39, 0.29) is 5.91 Å². The van der Waals surface area contributed by atoms with Gasteiger partial charge in [-0.25, -0.2) is 4.79 Å². The summed E-state index contributed by atoms with van der Waals surface area (Å²) in [6, 6.07) is 8.84. The second-order valence-electron chi connectivity index (χ2n) is 5.59. The second-order valence-corrected chi connectivity index (χ2v) is 8.16. The van der Waals surface area contributed by atoms with Gasteiger partial charge in [0.1, 0.15) is 10.6 Å². The zero-order valence-corrected chi connectivity index (χ0v) is 17.5. The molecule has 0 aliphatic heterocycles. The number of nitrogens with one attached hydrogen (secondary N) is 1. The molecule has 8 heteroatoms. The molecule has 0 atom stereocenters. The van der Waals surface area contributed by atoms with Gasteiger partial charge in [-0.1, -0.05) is 23.7 Å². The number of aromatic nitrogens is 1. The van der Waals surface area contributed by atoms with Crippen LogP contribution in [-0.2, 0) is 4.74 Å². The molecule has 1 amide bonds. The van der Waals surface area contributed by atoms with Gasteiger partial charge in [-0.3, -0.25) is 9.78 Å². The highest BCUT2D eigenvalue weighted by Crippen LogP contribution is 2.41. The minimum Gasteiger partial charge on any atom is -0.465 e. The number of hydrogen-bond donors (Lipinski definition) is 1. The van der Waals surface area contributed by atoms with Crippen molar-refractivity contribution in [1.29, 1.82) is 0 Å². The Bertz CT molecular complexity index is 1040. The van der Waals surface area contributed by atoms with Gasteiger partial charge >= 0.3 is 5.97 Å². The Morgan fingerprint density at radius 1 is 1.26 bits per heavy atom. The molecule has 0 spiro atoms. The van der Waals surface area contributed by atoms with E-state index in [4.69, 9.17) is 16.3 Å². The maximum absolute atomic E-state index is 12.6. The fourth-order valence-electron chi connectivity index (χ4n) is 2.63. The topological polar surface area (TPSA) is 68.3 Å². The summed E-state index contributed by atoms with van der Waals surface area (Å²) >= 11 is 10.7. The molecule has 0 unspecified atom stereocenters. The van der Waals surface area contributed by atoms with Crippen LogP contribution < -0.4 is 5.32 Å². The van der Waals surface area contributed by atoms with Crippen LogP contribution in [0.15, 0.2) is 47.2 Å². The number of rotatable bonds is 4. The third-order valence-electron chi connectivity index (χ3n) is 3.78. The summed E-state index contributed by atoms with van der Waals surface area (Å²) in [6.07, 6.45) is 3.04. The molecule has 3 rings (SSSR count). The first-order chi connectivity index (χ1) is 12.9. The summed E-state index contributed by atoms with van der Waals surface area (Å²) in [5.41, 5.74) is 2.15. The van der Waals surface area contributed by atoms with Crippen LogP contribution in [0.25, 0.3) is 11.1 Å². The number of ether oxygens (including phenoxy) is 1. The average molecular weight is 466 g/mol. The first kappa shape index (κ1) is 19.5. The summed E-state index contributed by atoms with van der Waals surface area (Å²) in [4.78, 5) is 29.9. The number of benzene rings is 1. The molecule has 1 aromatic carbocycles. The molecular formula is C19H14BrClN2O3S. The van der Waals surface area contributed by atoms with Crippen molar-refractivity contribution >= 4 is 55.7 Å². The predicted octanol–water partition coefficient (Wildman–Crippen LogP) is 5.57. The van der Waals surface area contributed by atoms with Gasteiger partial charge in [0.2, 0.25) is 0 Å². The van der Waals surface area contributed by atoms with Crippen LogP contribution in [-0.4, -0.2) is 24.0 Å². The number of hydrogen-bond acceptors (Lipinski definition) is 5. The smallest absolute Gasteiger partial charge is 0.341 e. The van der Waals surface area contributed by atoms with Crippen LogP contribution in [0.2, 0.25) is 5.02 Å². The lowest BCUT2D eigenvalue weighted by Crippen LogP contribution is -2.14. The predicted molar refractivity (Wildman–Crippen MR) is 111 cm³/mol. The van der Waals surface area contributed by atoms with E-state index in [0.29, 0.717) is 31.2 Å². The number of esters is 1. The van der Waals surface area contributed by atoms with Crippen LogP contribution in [0.3, 0.4) is 0 Å². The quantitative estimate of drug-likeness (QED) is 0.511. The van der Waals surface area contributed by atoms with Crippen LogP contribution in [0.1, 0.15) is 25.6 Å². The van der Waals surface area contributed by atoms with Crippen molar-refractivity contribution in [1.82, 2.24) is 4.98 Å². The standard InChI is InChI=1S/C19H14BrClN2O3S/c1-10-15(11-4-3-5-14(21)7-11)16(19(25)26-2)18(27-10)23-17(24)12-6-13(20)9-22-8-12/h3-9H,1-2H3,(H,23,24). The van der Waals surface area contributed by atoms with Crippen molar-refractivity contribution in [3.8, 4) is 11.1 Å². The van der Waals surface area contributed by atoms with E-state index in [1.807, 2.05) is 13.0 Å². The van der Waals surface area contributed by atoms with Gasteiger partial charge in [0, 0.05) is 32.3 Å². The molecule has 3 aromatic rings. The van der Waals surface area contributed by atoms with E-state index < -0.39 is 5.97 Å². The highest BCUT2D eigenvalue weighted by molar-refractivity contribution is 9.10. The van der Waals surface area contributed by atoms with Crippen LogP contribution in [0.4, 0.5) is 5.00 Å². The van der Waals surface area contributed by atoms with E-state index in [2.05, 4.69) is 26.2 Å². The summed E-state index contributed by atoms with van der Waals surface area (Å²) in [6.45, 7) is 1.88. The number of thiophene rings is 1. The molecule has 0 saturated heterocycles. The average Bonchev–Trinajstić information content (AvgIpc) is 2.96. The fourth-order valence-corrected chi connectivity index (χ4v) is 4.25. The first-order valence-corrected chi connectivity index (χ1v) is 9.79. The van der Waals surface area contributed by atoms with Gasteiger partial charge in [-0.05, 0) is 46.6 Å². The Labute approximate surface area is 173 Å². The largest absolute Gasteiger partial charge is 0.465 e. The lowest BCUT2D eigenvalue weighted by atomic mass is 10.0. The number of nitrogens with zero attached hydrogens (tertiary/aromatic N) is 1. The van der Waals surface area contributed by atoms with Crippen molar-refractivity contribution in [3.63, 3.8) is 0 Å². The molecule has 27 heavy (non-hydrogen) atoms. The SMILES string of the molecule is COC(=O)c1c(NC(=O)c2cncc(Br)c2)sc(C)c1-c1cccc(Cl)c1. The number of methoxy groups -OCH3 is 1. The maximum Gasteiger partial charge on any atom is 0.341 e. The van der Waals surface area contributed by atoms with Gasteiger partial charge in [0.25, 0.3) is 5.91 Å². The molecular weight excluding hydrogens is 452 g/mol. The van der Waals surface area contributed by atoms with Crippen LogP contribution in [0.5, 0.6) is 0 Å². The highest BCUT2D eigenvalue weighted by atomic mass is 79.9. The number of halogens is 2. The Hall–Kier alpha value is -2.22. The molecule has 1 N–H and O–H groups in total. The van der Waals surface area contributed by atoms with Crippen molar-refractivity contribution in [2.75, 3.05) is 12.4 Å². The summed E-state index contributed by atoms with van der Waals surface area (Å²) in [7, 11) is 1.31. The molecule has 0 saturated carbocycles. The van der Waals surface area contributed by atoms with Crippen molar-refractivity contribution in [3.05, 3.63) is 68.2 Å².